The molecule has 0 aliphatic heterocycles. The van der Waals surface area contributed by atoms with Crippen molar-refractivity contribution in [3.05, 3.63) is 52.0 Å². The van der Waals surface area contributed by atoms with Crippen LogP contribution in [-0.2, 0) is 13.7 Å². The van der Waals surface area contributed by atoms with Crippen LogP contribution >= 0.6 is 0 Å². The molecule has 126 valence electrons. The molecular formula is C13H10F3N5O3. The largest absolute Gasteiger partial charge is 0.573 e. The number of hydrogen-bond donors (Lipinski definition) is 0. The Morgan fingerprint density at radius 2 is 2.17 bits per heavy atom. The zero-order chi connectivity index (χ0) is 17.7. The van der Waals surface area contributed by atoms with Crippen molar-refractivity contribution in [3.63, 3.8) is 0 Å². The molecule has 1 aromatic carbocycles. The van der Waals surface area contributed by atoms with Gasteiger partial charge in [0, 0.05) is 35.3 Å². The molecule has 1 aromatic heterocycles. The van der Waals surface area contributed by atoms with E-state index in [1.165, 1.54) is 22.9 Å². The fourth-order valence-corrected chi connectivity index (χ4v) is 1.85. The fourth-order valence-electron chi connectivity index (χ4n) is 1.85. The van der Waals surface area contributed by atoms with Crippen LogP contribution in [0.4, 0.5) is 13.2 Å². The maximum Gasteiger partial charge on any atom is 0.573 e. The Bertz CT molecular complexity index is 796. The van der Waals surface area contributed by atoms with Gasteiger partial charge in [-0.3, -0.25) is 9.48 Å². The summed E-state index contributed by atoms with van der Waals surface area (Å²) in [4.78, 5) is 14.1. The first kappa shape index (κ1) is 17.2. The molecule has 11 heteroatoms. The van der Waals surface area contributed by atoms with Crippen molar-refractivity contribution in [2.45, 2.75) is 13.0 Å². The van der Waals surface area contributed by atoms with Gasteiger partial charge in [-0.15, -0.1) is 18.3 Å². The van der Waals surface area contributed by atoms with E-state index in [4.69, 9.17) is 10.3 Å². The summed E-state index contributed by atoms with van der Waals surface area (Å²) in [7, 11) is 1.63. The van der Waals surface area contributed by atoms with Gasteiger partial charge in [0.05, 0.1) is 0 Å². The minimum absolute atomic E-state index is 0.140. The lowest BCUT2D eigenvalue weighted by atomic mass is 10.1. The average Bonchev–Trinajstić information content (AvgIpc) is 2.90. The molecule has 2 rings (SSSR count). The Balaban J connectivity index is 2.38. The number of ether oxygens (including phenoxy) is 2. The highest BCUT2D eigenvalue weighted by Gasteiger charge is 2.33. The fraction of sp³-hybridized carbons (Fsp3) is 0.231. The van der Waals surface area contributed by atoms with E-state index >= 15 is 0 Å². The van der Waals surface area contributed by atoms with E-state index in [9.17, 15) is 18.0 Å². The Morgan fingerprint density at radius 1 is 1.42 bits per heavy atom. The third-order valence-corrected chi connectivity index (χ3v) is 2.78. The average molecular weight is 341 g/mol. The Labute approximate surface area is 133 Å². The third kappa shape index (κ3) is 4.40. The lowest BCUT2D eigenvalue weighted by molar-refractivity contribution is -0.275. The van der Waals surface area contributed by atoms with Crippen LogP contribution in [0.25, 0.3) is 10.4 Å². The number of hydrogen-bond acceptors (Lipinski definition) is 4. The second-order valence-electron chi connectivity index (χ2n) is 4.44. The first-order valence-corrected chi connectivity index (χ1v) is 6.39. The van der Waals surface area contributed by atoms with Crippen molar-refractivity contribution in [3.8, 4) is 11.6 Å². The van der Waals surface area contributed by atoms with E-state index in [-0.39, 0.29) is 17.0 Å². The molecular weight excluding hydrogens is 331 g/mol. The SMILES string of the molecule is Cn1ccc(OCc2c(OC(F)(F)F)cccc2C(=O)N=[N+]=[N-])n1. The summed E-state index contributed by atoms with van der Waals surface area (Å²) >= 11 is 0. The number of azide groups is 1. The highest BCUT2D eigenvalue weighted by Crippen LogP contribution is 2.30. The summed E-state index contributed by atoms with van der Waals surface area (Å²) in [6, 6.07) is 4.89. The van der Waals surface area contributed by atoms with Gasteiger partial charge in [0.2, 0.25) is 11.8 Å². The number of amides is 1. The number of aromatic nitrogens is 2. The second-order valence-corrected chi connectivity index (χ2v) is 4.44. The number of alkyl halides is 3. The summed E-state index contributed by atoms with van der Waals surface area (Å²) in [5, 5.41) is 6.79. The molecule has 1 heterocycles. The van der Waals surface area contributed by atoms with Crippen LogP contribution < -0.4 is 9.47 Å². The summed E-state index contributed by atoms with van der Waals surface area (Å²) in [6.45, 7) is -0.439. The molecule has 8 nitrogen and oxygen atoms in total. The molecule has 0 unspecified atom stereocenters. The molecule has 0 aliphatic carbocycles. The summed E-state index contributed by atoms with van der Waals surface area (Å²) in [6.07, 6.45) is -3.39. The van der Waals surface area contributed by atoms with Gasteiger partial charge in [-0.05, 0) is 16.7 Å². The second kappa shape index (κ2) is 6.92. The number of aryl methyl sites for hydroxylation is 1. The number of nitrogens with zero attached hydrogens (tertiary/aromatic N) is 5. The van der Waals surface area contributed by atoms with Crippen LogP contribution in [0.1, 0.15) is 15.9 Å². The van der Waals surface area contributed by atoms with E-state index in [1.54, 1.807) is 13.2 Å². The molecule has 2 aromatic rings. The summed E-state index contributed by atoms with van der Waals surface area (Å²) in [5.41, 5.74) is 7.87. The van der Waals surface area contributed by atoms with Gasteiger partial charge in [0.15, 0.2) is 0 Å². The Kier molecular flexibility index (Phi) is 4.95. The predicted molar refractivity (Wildman–Crippen MR) is 74.1 cm³/mol. The van der Waals surface area contributed by atoms with E-state index in [0.717, 1.165) is 6.07 Å². The maximum absolute atomic E-state index is 12.5. The van der Waals surface area contributed by atoms with Gasteiger partial charge >= 0.3 is 6.36 Å². The molecule has 0 fully saturated rings. The van der Waals surface area contributed by atoms with E-state index < -0.39 is 24.6 Å². The van der Waals surface area contributed by atoms with Gasteiger partial charge in [-0.2, -0.15) is 0 Å². The molecule has 0 aliphatic rings. The van der Waals surface area contributed by atoms with Crippen LogP contribution in [0.15, 0.2) is 35.6 Å². The molecule has 0 N–H and O–H groups in total. The molecule has 0 radical (unpaired) electrons. The highest BCUT2D eigenvalue weighted by molar-refractivity contribution is 5.96. The molecule has 0 bridgehead atoms. The zero-order valence-corrected chi connectivity index (χ0v) is 12.2. The minimum Gasteiger partial charge on any atom is -0.472 e. The Morgan fingerprint density at radius 3 is 2.75 bits per heavy atom. The van der Waals surface area contributed by atoms with Crippen molar-refractivity contribution in [2.75, 3.05) is 0 Å². The van der Waals surface area contributed by atoms with Crippen molar-refractivity contribution < 1.29 is 27.4 Å². The lowest BCUT2D eigenvalue weighted by Gasteiger charge is -2.15. The summed E-state index contributed by atoms with van der Waals surface area (Å²) < 4.78 is 48.2. The zero-order valence-electron chi connectivity index (χ0n) is 12.2. The quantitative estimate of drug-likeness (QED) is 0.472. The van der Waals surface area contributed by atoms with E-state index in [0.29, 0.717) is 0 Å². The first-order valence-electron chi connectivity index (χ1n) is 6.39. The van der Waals surface area contributed by atoms with Crippen LogP contribution in [0.3, 0.4) is 0 Å². The van der Waals surface area contributed by atoms with Gasteiger partial charge < -0.3 is 9.47 Å². The highest BCUT2D eigenvalue weighted by atomic mass is 19.4. The van der Waals surface area contributed by atoms with E-state index in [1.807, 2.05) is 0 Å². The van der Waals surface area contributed by atoms with Crippen molar-refractivity contribution in [1.29, 1.82) is 0 Å². The smallest absolute Gasteiger partial charge is 0.472 e. The van der Waals surface area contributed by atoms with Crippen LogP contribution in [0.2, 0.25) is 0 Å². The number of rotatable bonds is 5. The van der Waals surface area contributed by atoms with Gasteiger partial charge in [-0.25, -0.2) is 0 Å². The number of carbonyl (C=O) groups is 1. The maximum atomic E-state index is 12.5. The first-order chi connectivity index (χ1) is 11.3. The van der Waals surface area contributed by atoms with Crippen molar-refractivity contribution in [2.24, 2.45) is 12.2 Å². The molecule has 0 atom stereocenters. The summed E-state index contributed by atoms with van der Waals surface area (Å²) in [5.74, 6) is -1.54. The van der Waals surface area contributed by atoms with Crippen LogP contribution in [-0.4, -0.2) is 22.1 Å². The predicted octanol–water partition coefficient (Wildman–Crippen LogP) is 3.35. The third-order valence-electron chi connectivity index (χ3n) is 2.78. The molecule has 0 saturated carbocycles. The minimum atomic E-state index is -4.96. The normalized spacial score (nSPS) is 10.8. The number of halogens is 3. The number of benzene rings is 1. The molecule has 24 heavy (non-hydrogen) atoms. The monoisotopic (exact) mass is 341 g/mol. The Hall–Kier alpha value is -3.20. The van der Waals surface area contributed by atoms with E-state index in [2.05, 4.69) is 19.9 Å². The van der Waals surface area contributed by atoms with Gasteiger partial charge in [0.1, 0.15) is 12.4 Å². The van der Waals surface area contributed by atoms with Crippen LogP contribution in [0, 0.1) is 0 Å². The van der Waals surface area contributed by atoms with Gasteiger partial charge in [0.25, 0.3) is 0 Å². The van der Waals surface area contributed by atoms with Crippen molar-refractivity contribution >= 4 is 5.91 Å². The molecule has 0 saturated heterocycles. The lowest BCUT2D eigenvalue weighted by Crippen LogP contribution is -2.19. The molecule has 0 spiro atoms. The van der Waals surface area contributed by atoms with Gasteiger partial charge in [-0.1, -0.05) is 12.1 Å². The molecule has 1 amide bonds. The van der Waals surface area contributed by atoms with Crippen molar-refractivity contribution in [1.82, 2.24) is 9.78 Å². The van der Waals surface area contributed by atoms with Crippen LogP contribution in [0.5, 0.6) is 11.6 Å². The topological polar surface area (TPSA) is 102 Å². The number of carbonyl (C=O) groups excluding carboxylic acids is 1. The standard InChI is InChI=1S/C13H10F3N5O3/c1-21-6-5-11(19-21)23-7-9-8(12(22)18-20-17)3-2-4-10(9)24-13(14,15)16/h2-6H,7H2,1H3.